The Balaban J connectivity index is 2.32. The van der Waals surface area contributed by atoms with Crippen LogP contribution in [0.1, 0.15) is 22.8 Å². The number of rotatable bonds is 5. The van der Waals surface area contributed by atoms with Gasteiger partial charge in [-0.2, -0.15) is 13.5 Å². The molecule has 0 amide bonds. The van der Waals surface area contributed by atoms with E-state index in [1.165, 1.54) is 6.20 Å². The van der Waals surface area contributed by atoms with Crippen LogP contribution < -0.4 is 4.72 Å². The molecule has 0 saturated carbocycles. The maximum atomic E-state index is 12.3. The Hall–Kier alpha value is -2.42. The predicted molar refractivity (Wildman–Crippen MR) is 74.3 cm³/mol. The van der Waals surface area contributed by atoms with Crippen molar-refractivity contribution in [1.82, 2.24) is 15.2 Å². The van der Waals surface area contributed by atoms with E-state index in [0.717, 1.165) is 11.8 Å². The Morgan fingerprint density at radius 1 is 1.38 bits per heavy atom. The van der Waals surface area contributed by atoms with Gasteiger partial charge in [-0.3, -0.25) is 14.8 Å². The minimum Gasteiger partial charge on any atom is -0.462 e. The number of nitrogens with zero attached hydrogens (tertiary/aromatic N) is 2. The van der Waals surface area contributed by atoms with Crippen molar-refractivity contribution in [3.05, 3.63) is 35.8 Å². The summed E-state index contributed by atoms with van der Waals surface area (Å²) in [4.78, 5) is 15.6. The van der Waals surface area contributed by atoms with Crippen LogP contribution in [0.25, 0.3) is 0 Å². The van der Waals surface area contributed by atoms with E-state index in [1.54, 1.807) is 26.1 Å². The molecule has 2 aromatic heterocycles. The van der Waals surface area contributed by atoms with E-state index < -0.39 is 16.0 Å². The third kappa shape index (κ3) is 3.37. The normalized spacial score (nSPS) is 11.1. The number of carbonyl (C=O) groups is 1. The number of aryl methyl sites for hydroxylation is 1. The molecule has 0 aromatic carbocycles. The maximum absolute atomic E-state index is 12.3. The molecular formula is C12H14N4O4S. The van der Waals surface area contributed by atoms with Gasteiger partial charge in [0.25, 0.3) is 10.0 Å². The van der Waals surface area contributed by atoms with Crippen LogP contribution in [0.4, 0.5) is 5.69 Å². The molecule has 2 aromatic rings. The molecule has 0 bridgehead atoms. The van der Waals surface area contributed by atoms with Crippen molar-refractivity contribution >= 4 is 21.7 Å². The third-order valence-electron chi connectivity index (χ3n) is 2.50. The average molecular weight is 310 g/mol. The highest BCUT2D eigenvalue weighted by molar-refractivity contribution is 7.92. The van der Waals surface area contributed by atoms with E-state index in [4.69, 9.17) is 4.74 Å². The summed E-state index contributed by atoms with van der Waals surface area (Å²) < 4.78 is 31.7. The predicted octanol–water partition coefficient (Wildman–Crippen LogP) is 1.09. The Morgan fingerprint density at radius 2 is 2.14 bits per heavy atom. The molecule has 2 heterocycles. The van der Waals surface area contributed by atoms with Gasteiger partial charge in [-0.05, 0) is 25.5 Å². The van der Waals surface area contributed by atoms with Crippen LogP contribution in [-0.4, -0.2) is 36.2 Å². The van der Waals surface area contributed by atoms with Crippen LogP contribution in [0.5, 0.6) is 0 Å². The number of anilines is 1. The summed E-state index contributed by atoms with van der Waals surface area (Å²) in [6.45, 7) is 3.55. The molecule has 21 heavy (non-hydrogen) atoms. The van der Waals surface area contributed by atoms with E-state index in [9.17, 15) is 13.2 Å². The van der Waals surface area contributed by atoms with Crippen LogP contribution in [0, 0.1) is 6.92 Å². The van der Waals surface area contributed by atoms with Crippen LogP contribution in [-0.2, 0) is 14.8 Å². The first kappa shape index (κ1) is 15.0. The fourth-order valence-corrected chi connectivity index (χ4v) is 2.77. The lowest BCUT2D eigenvalue weighted by molar-refractivity contribution is 0.0522. The number of nitrogens with one attached hydrogen (secondary N) is 2. The zero-order chi connectivity index (χ0) is 15.5. The summed E-state index contributed by atoms with van der Waals surface area (Å²) >= 11 is 0. The molecule has 9 heteroatoms. The molecule has 0 atom stereocenters. The van der Waals surface area contributed by atoms with Gasteiger partial charge in [-0.25, -0.2) is 4.79 Å². The van der Waals surface area contributed by atoms with E-state index in [2.05, 4.69) is 19.9 Å². The van der Waals surface area contributed by atoms with Gasteiger partial charge < -0.3 is 4.74 Å². The number of pyridine rings is 1. The SMILES string of the molecule is CCOC(=O)c1cn[nH]c1S(=O)(=O)Nc1cncc(C)c1. The van der Waals surface area contributed by atoms with Crippen molar-refractivity contribution in [2.45, 2.75) is 18.9 Å². The molecular weight excluding hydrogens is 296 g/mol. The van der Waals surface area contributed by atoms with Gasteiger partial charge in [-0.15, -0.1) is 0 Å². The van der Waals surface area contributed by atoms with E-state index in [-0.39, 0.29) is 17.2 Å². The van der Waals surface area contributed by atoms with Gasteiger partial charge in [0.1, 0.15) is 5.56 Å². The average Bonchev–Trinajstić information content (AvgIpc) is 2.88. The van der Waals surface area contributed by atoms with Gasteiger partial charge in [0.15, 0.2) is 5.03 Å². The first-order valence-corrected chi connectivity index (χ1v) is 7.57. The lowest BCUT2D eigenvalue weighted by Crippen LogP contribution is -2.17. The minimum absolute atomic E-state index is 0.138. The van der Waals surface area contributed by atoms with Crippen molar-refractivity contribution in [3.8, 4) is 0 Å². The molecule has 0 aliphatic carbocycles. The van der Waals surface area contributed by atoms with Crippen LogP contribution in [0.2, 0.25) is 0 Å². The number of aromatic nitrogens is 3. The molecule has 2 rings (SSSR count). The summed E-state index contributed by atoms with van der Waals surface area (Å²) in [6, 6.07) is 1.62. The van der Waals surface area contributed by atoms with E-state index in [1.807, 2.05) is 0 Å². The Labute approximate surface area is 121 Å². The largest absolute Gasteiger partial charge is 0.462 e. The Bertz CT molecular complexity index is 754. The fraction of sp³-hybridized carbons (Fsp3) is 0.250. The molecule has 0 aliphatic rings. The summed E-state index contributed by atoms with van der Waals surface area (Å²) in [5.41, 5.74) is 0.940. The van der Waals surface area contributed by atoms with Crippen molar-refractivity contribution in [2.75, 3.05) is 11.3 Å². The molecule has 8 nitrogen and oxygen atoms in total. The molecule has 2 N–H and O–H groups in total. The number of sulfonamides is 1. The number of carbonyl (C=O) groups excluding carboxylic acids is 1. The van der Waals surface area contributed by atoms with Crippen molar-refractivity contribution < 1.29 is 17.9 Å². The number of aromatic amines is 1. The van der Waals surface area contributed by atoms with Crippen molar-refractivity contribution in [1.29, 1.82) is 0 Å². The smallest absolute Gasteiger partial charge is 0.342 e. The zero-order valence-electron chi connectivity index (χ0n) is 11.5. The van der Waals surface area contributed by atoms with Crippen LogP contribution in [0.15, 0.2) is 29.7 Å². The van der Waals surface area contributed by atoms with Gasteiger partial charge >= 0.3 is 5.97 Å². The Morgan fingerprint density at radius 3 is 2.81 bits per heavy atom. The van der Waals surface area contributed by atoms with Crippen molar-refractivity contribution in [2.24, 2.45) is 0 Å². The second-order valence-electron chi connectivity index (χ2n) is 4.19. The second kappa shape index (κ2) is 5.92. The summed E-state index contributed by atoms with van der Waals surface area (Å²) in [6.07, 6.45) is 4.07. The fourth-order valence-electron chi connectivity index (χ4n) is 1.65. The lowest BCUT2D eigenvalue weighted by atomic mass is 10.3. The van der Waals surface area contributed by atoms with Gasteiger partial charge in [0.05, 0.1) is 24.7 Å². The number of H-pyrrole nitrogens is 1. The quantitative estimate of drug-likeness (QED) is 0.799. The molecule has 0 spiro atoms. The molecule has 0 aliphatic heterocycles. The summed E-state index contributed by atoms with van der Waals surface area (Å²) in [5, 5.41) is 5.54. The van der Waals surface area contributed by atoms with Crippen LogP contribution in [0.3, 0.4) is 0 Å². The molecule has 0 radical (unpaired) electrons. The first-order chi connectivity index (χ1) is 9.94. The van der Waals surface area contributed by atoms with E-state index >= 15 is 0 Å². The number of ether oxygens (including phenoxy) is 1. The Kier molecular flexibility index (Phi) is 4.22. The standard InChI is InChI=1S/C12H14N4O4S/c1-3-20-12(17)10-7-14-15-11(10)21(18,19)16-9-4-8(2)5-13-6-9/h4-7,16H,3H2,1-2H3,(H,14,15). The van der Waals surface area contributed by atoms with Gasteiger partial charge in [0.2, 0.25) is 0 Å². The maximum Gasteiger partial charge on any atom is 0.342 e. The molecule has 0 unspecified atom stereocenters. The highest BCUT2D eigenvalue weighted by Crippen LogP contribution is 2.18. The lowest BCUT2D eigenvalue weighted by Gasteiger charge is -2.08. The zero-order valence-corrected chi connectivity index (χ0v) is 12.3. The summed E-state index contributed by atoms with van der Waals surface area (Å²) in [7, 11) is -3.99. The van der Waals surface area contributed by atoms with Crippen molar-refractivity contribution in [3.63, 3.8) is 0 Å². The van der Waals surface area contributed by atoms with Gasteiger partial charge in [0, 0.05) is 6.20 Å². The monoisotopic (exact) mass is 310 g/mol. The highest BCUT2D eigenvalue weighted by Gasteiger charge is 2.26. The molecule has 0 fully saturated rings. The highest BCUT2D eigenvalue weighted by atomic mass is 32.2. The number of hydrogen-bond donors (Lipinski definition) is 2. The molecule has 112 valence electrons. The summed E-state index contributed by atoms with van der Waals surface area (Å²) in [5.74, 6) is -0.756. The second-order valence-corrected chi connectivity index (χ2v) is 5.81. The van der Waals surface area contributed by atoms with Gasteiger partial charge in [-0.1, -0.05) is 0 Å². The third-order valence-corrected chi connectivity index (χ3v) is 3.85. The molecule has 0 saturated heterocycles. The topological polar surface area (TPSA) is 114 Å². The number of hydrogen-bond acceptors (Lipinski definition) is 6. The minimum atomic E-state index is -3.99. The first-order valence-electron chi connectivity index (χ1n) is 6.09. The van der Waals surface area contributed by atoms with Crippen LogP contribution >= 0.6 is 0 Å². The van der Waals surface area contributed by atoms with E-state index in [0.29, 0.717) is 5.69 Å². The number of esters is 1.